The fourth-order valence-electron chi connectivity index (χ4n) is 7.58. The van der Waals surface area contributed by atoms with E-state index in [2.05, 4.69) is 20.6 Å². The number of fused-ring (bicyclic) bond motifs is 3. The van der Waals surface area contributed by atoms with Crippen molar-refractivity contribution in [3.63, 3.8) is 0 Å². The molecule has 2 aromatic carbocycles. The van der Waals surface area contributed by atoms with Gasteiger partial charge in [0.15, 0.2) is 0 Å². The second kappa shape index (κ2) is 15.1. The molecule has 0 unspecified atom stereocenters. The number of hydrogen-bond donors (Lipinski definition) is 3. The molecule has 1 aliphatic carbocycles. The van der Waals surface area contributed by atoms with Crippen molar-refractivity contribution in [2.24, 2.45) is 5.92 Å². The second-order valence-electron chi connectivity index (χ2n) is 14.2. The van der Waals surface area contributed by atoms with E-state index in [4.69, 9.17) is 14.9 Å². The number of carbonyl (C=O) groups is 4. The molecule has 55 heavy (non-hydrogen) atoms. The van der Waals surface area contributed by atoms with Crippen molar-refractivity contribution < 1.29 is 29.0 Å². The van der Waals surface area contributed by atoms with E-state index in [1.807, 2.05) is 72.1 Å². The Hall–Kier alpha value is -5.96. The lowest BCUT2D eigenvalue weighted by molar-refractivity contribution is -0.145. The Kier molecular flexibility index (Phi) is 9.86. The zero-order chi connectivity index (χ0) is 38.1. The Bertz CT molecular complexity index is 2270. The number of aromatic nitrogens is 5. The van der Waals surface area contributed by atoms with Gasteiger partial charge in [-0.15, -0.1) is 16.4 Å². The van der Waals surface area contributed by atoms with E-state index in [9.17, 15) is 24.3 Å². The van der Waals surface area contributed by atoms with Gasteiger partial charge in [-0.1, -0.05) is 49.3 Å². The number of ether oxygens (including phenoxy) is 1. The third kappa shape index (κ3) is 7.19. The summed E-state index contributed by atoms with van der Waals surface area (Å²) in [5.41, 5.74) is 1.26. The number of allylic oxidation sites excluding steroid dienone is 1. The van der Waals surface area contributed by atoms with Crippen LogP contribution in [0.3, 0.4) is 0 Å². The minimum Gasteiger partial charge on any atom is -0.497 e. The molecule has 3 aliphatic rings. The monoisotopic (exact) mass is 760 g/mol. The van der Waals surface area contributed by atoms with Gasteiger partial charge in [-0.05, 0) is 62.1 Å². The molecule has 2 aliphatic heterocycles. The lowest BCUT2D eigenvalue weighted by atomic mass is 10.0. The summed E-state index contributed by atoms with van der Waals surface area (Å²) in [7, 11) is 1.59. The Balaban J connectivity index is 1.14. The number of nitrogens with zero attached hydrogens (tertiary/aromatic N) is 6. The highest BCUT2D eigenvalue weighted by Gasteiger charge is 2.61. The first-order valence-electron chi connectivity index (χ1n) is 18.4. The molecule has 15 heteroatoms. The first-order valence-corrected chi connectivity index (χ1v) is 19.3. The number of benzene rings is 2. The molecule has 0 spiro atoms. The Morgan fingerprint density at radius 2 is 1.84 bits per heavy atom. The third-order valence-corrected chi connectivity index (χ3v) is 11.5. The predicted molar refractivity (Wildman–Crippen MR) is 204 cm³/mol. The predicted octanol–water partition coefficient (Wildman–Crippen LogP) is 5.05. The van der Waals surface area contributed by atoms with Gasteiger partial charge >= 0.3 is 5.97 Å². The van der Waals surface area contributed by atoms with Crippen LogP contribution in [0.1, 0.15) is 61.5 Å². The lowest BCUT2D eigenvalue weighted by Gasteiger charge is -2.29. The molecule has 282 valence electrons. The summed E-state index contributed by atoms with van der Waals surface area (Å²) in [6.45, 7) is 0.0506. The van der Waals surface area contributed by atoms with Crippen molar-refractivity contribution in [1.29, 1.82) is 0 Å². The van der Waals surface area contributed by atoms with Gasteiger partial charge in [0.1, 0.15) is 45.5 Å². The van der Waals surface area contributed by atoms with Crippen LogP contribution in [0.4, 0.5) is 0 Å². The van der Waals surface area contributed by atoms with Crippen LogP contribution in [0.2, 0.25) is 0 Å². The van der Waals surface area contributed by atoms with E-state index < -0.39 is 47.4 Å². The molecule has 3 N–H and O–H groups in total. The van der Waals surface area contributed by atoms with Crippen molar-refractivity contribution in [1.82, 2.24) is 40.5 Å². The first kappa shape index (κ1) is 36.0. The third-order valence-electron chi connectivity index (χ3n) is 10.7. The quantitative estimate of drug-likeness (QED) is 0.190. The molecule has 3 aromatic heterocycles. The molecule has 0 radical (unpaired) electrons. The number of carboxylic acids is 1. The van der Waals surface area contributed by atoms with E-state index in [1.54, 1.807) is 19.4 Å². The summed E-state index contributed by atoms with van der Waals surface area (Å²) in [6.07, 6.45) is 9.26. The topological polar surface area (TPSA) is 182 Å². The number of aliphatic carboxylic acids is 1. The maximum Gasteiger partial charge on any atom is 0.330 e. The Morgan fingerprint density at radius 3 is 2.62 bits per heavy atom. The molecule has 8 rings (SSSR count). The van der Waals surface area contributed by atoms with E-state index in [1.165, 1.54) is 21.0 Å². The highest BCUT2D eigenvalue weighted by molar-refractivity contribution is 7.13. The number of nitrogens with one attached hydrogen (secondary N) is 2. The molecule has 14 nitrogen and oxygen atoms in total. The van der Waals surface area contributed by atoms with Crippen LogP contribution < -0.4 is 15.4 Å². The van der Waals surface area contributed by atoms with Gasteiger partial charge in [-0.2, -0.15) is 9.90 Å². The van der Waals surface area contributed by atoms with Crippen LogP contribution >= 0.6 is 11.3 Å². The fourth-order valence-corrected chi connectivity index (χ4v) is 8.20. The summed E-state index contributed by atoms with van der Waals surface area (Å²) in [6, 6.07) is 15.7. The van der Waals surface area contributed by atoms with Crippen LogP contribution in [0.5, 0.6) is 5.75 Å². The smallest absolute Gasteiger partial charge is 0.330 e. The summed E-state index contributed by atoms with van der Waals surface area (Å²) in [5, 5.41) is 29.2. The highest BCUT2D eigenvalue weighted by Crippen LogP contribution is 2.46. The highest BCUT2D eigenvalue weighted by atomic mass is 32.1. The van der Waals surface area contributed by atoms with Gasteiger partial charge in [-0.25, -0.2) is 14.8 Å². The minimum absolute atomic E-state index is 0.0506. The number of pyridine rings is 1. The fraction of sp³-hybridized carbons (Fsp3) is 0.350. The number of para-hydroxylation sites is 1. The summed E-state index contributed by atoms with van der Waals surface area (Å²) in [4.78, 5) is 67.3. The van der Waals surface area contributed by atoms with Crippen molar-refractivity contribution >= 4 is 45.9 Å². The number of amides is 3. The van der Waals surface area contributed by atoms with Crippen molar-refractivity contribution in [3.05, 3.63) is 90.1 Å². The normalized spacial score (nSPS) is 24.9. The van der Waals surface area contributed by atoms with Crippen molar-refractivity contribution in [2.75, 3.05) is 13.7 Å². The molecule has 1 saturated heterocycles. The van der Waals surface area contributed by atoms with Gasteiger partial charge in [0.05, 0.1) is 18.7 Å². The average molecular weight is 761 g/mol. The number of carboxylic acid groups (broad SMARTS) is 1. The maximum atomic E-state index is 14.7. The average Bonchev–Trinajstić information content (AvgIpc) is 3.66. The molecule has 1 saturated carbocycles. The molecule has 5 aromatic rings. The number of rotatable bonds is 7. The van der Waals surface area contributed by atoms with E-state index >= 15 is 0 Å². The maximum absolute atomic E-state index is 14.7. The van der Waals surface area contributed by atoms with E-state index in [0.717, 1.165) is 30.2 Å². The summed E-state index contributed by atoms with van der Waals surface area (Å²) < 4.78 is 5.35. The van der Waals surface area contributed by atoms with Gasteiger partial charge in [-0.3, -0.25) is 14.4 Å². The van der Waals surface area contributed by atoms with Gasteiger partial charge < -0.3 is 25.4 Å². The zero-order valence-corrected chi connectivity index (χ0v) is 30.9. The zero-order valence-electron chi connectivity index (χ0n) is 30.1. The van der Waals surface area contributed by atoms with Gasteiger partial charge in [0.25, 0.3) is 5.91 Å². The molecule has 0 bridgehead atoms. The van der Waals surface area contributed by atoms with Crippen LogP contribution in [-0.4, -0.2) is 89.9 Å². The summed E-state index contributed by atoms with van der Waals surface area (Å²) in [5.74, 6) is -2.31. The number of thiazole rings is 1. The Morgan fingerprint density at radius 1 is 1.02 bits per heavy atom. The minimum atomic E-state index is -1.46. The summed E-state index contributed by atoms with van der Waals surface area (Å²) >= 11 is 1.41. The van der Waals surface area contributed by atoms with Gasteiger partial charge in [0, 0.05) is 41.4 Å². The SMILES string of the molecule is COc1ccc(-c2nn([C@H]3C[C@H]4C(=O)N[C@@]5(C(=O)O)C[C@@H]5/C=C\CCCCC[C@@H](NC(=O)c5ccc6ccccc6n5)C(=O)N4C3)nc2-c2nccs2)cc1. The largest absolute Gasteiger partial charge is 0.497 e. The molecule has 2 fully saturated rings. The molecular weight excluding hydrogens is 721 g/mol. The van der Waals surface area contributed by atoms with Crippen LogP contribution in [0, 0.1) is 5.92 Å². The molecule has 5 heterocycles. The van der Waals surface area contributed by atoms with Crippen molar-refractivity contribution in [2.45, 2.75) is 68.6 Å². The molecular formula is C40H40N8O6S. The number of hydrogen-bond acceptors (Lipinski definition) is 10. The molecule has 3 amide bonds. The van der Waals surface area contributed by atoms with E-state index in [-0.39, 0.29) is 31.0 Å². The van der Waals surface area contributed by atoms with Gasteiger partial charge in [0.2, 0.25) is 11.8 Å². The van der Waals surface area contributed by atoms with Crippen molar-refractivity contribution in [3.8, 4) is 27.7 Å². The van der Waals surface area contributed by atoms with Crippen LogP contribution in [0.15, 0.2) is 84.4 Å². The first-order chi connectivity index (χ1) is 26.7. The van der Waals surface area contributed by atoms with Crippen LogP contribution in [0.25, 0.3) is 32.9 Å². The van der Waals surface area contributed by atoms with E-state index in [0.29, 0.717) is 40.5 Å². The number of methoxy groups -OCH3 is 1. The molecule has 5 atom stereocenters. The van der Waals surface area contributed by atoms with Crippen LogP contribution in [-0.2, 0) is 14.4 Å². The lowest BCUT2D eigenvalue weighted by Crippen LogP contribution is -2.56. The number of carbonyl (C=O) groups excluding carboxylic acids is 3. The standard InChI is InChI=1S/C40H40N8O6S/c1-54-28-16-13-25(14-17-28)33-34(37-41-19-20-55-37)46-48(45-33)27-21-32-36(50)44-40(39(52)53)22-26(40)10-5-3-2-4-6-12-31(38(51)47(32)23-27)43-35(49)30-18-15-24-9-7-8-11-29(24)42-30/h5,7-11,13-20,26-27,31-32H,2-4,6,12,21-23H2,1H3,(H,43,49)(H,44,50)(H,52,53)/b10-5-/t26-,27-,31+,32-,40-/m0/s1. The second-order valence-corrected chi connectivity index (χ2v) is 15.1. The Labute approximate surface area is 320 Å².